The van der Waals surface area contributed by atoms with Crippen LogP contribution in [0.15, 0.2) is 48.5 Å². The Morgan fingerprint density at radius 1 is 1.09 bits per heavy atom. The van der Waals surface area contributed by atoms with Gasteiger partial charge in [0.2, 0.25) is 0 Å². The molecule has 1 amide bonds. The van der Waals surface area contributed by atoms with Crippen molar-refractivity contribution in [3.05, 3.63) is 64.7 Å². The molecule has 4 nitrogen and oxygen atoms in total. The number of rotatable bonds is 7. The summed E-state index contributed by atoms with van der Waals surface area (Å²) in [5.41, 5.74) is 2.30. The number of benzene rings is 2. The molecule has 122 valence electrons. The lowest BCUT2D eigenvalue weighted by atomic mass is 10.1. The lowest BCUT2D eigenvalue weighted by Crippen LogP contribution is -2.28. The lowest BCUT2D eigenvalue weighted by Gasteiger charge is -2.11. The van der Waals surface area contributed by atoms with Gasteiger partial charge in [0.1, 0.15) is 5.75 Å². The third-order valence-electron chi connectivity index (χ3n) is 3.21. The highest BCUT2D eigenvalue weighted by molar-refractivity contribution is 6.32. The van der Waals surface area contributed by atoms with Gasteiger partial charge < -0.3 is 15.0 Å². The van der Waals surface area contributed by atoms with Gasteiger partial charge in [-0.05, 0) is 37.4 Å². The summed E-state index contributed by atoms with van der Waals surface area (Å²) >= 11 is 5.97. The standard InChI is InChI=1S/C18H21ClN2O2/c1-21(2)12-15-9-7-14(8-10-15)11-20-18(22)13-23-17-6-4-3-5-16(17)19/h3-10H,11-13H2,1-2H3,(H,20,22). The maximum Gasteiger partial charge on any atom is 0.258 e. The van der Waals surface area contributed by atoms with Gasteiger partial charge in [0.15, 0.2) is 6.61 Å². The van der Waals surface area contributed by atoms with Crippen molar-refractivity contribution >= 4 is 17.5 Å². The van der Waals surface area contributed by atoms with E-state index < -0.39 is 0 Å². The monoisotopic (exact) mass is 332 g/mol. The summed E-state index contributed by atoms with van der Waals surface area (Å²) in [6, 6.07) is 15.3. The summed E-state index contributed by atoms with van der Waals surface area (Å²) in [4.78, 5) is 13.9. The Hall–Kier alpha value is -2.04. The number of halogens is 1. The molecule has 0 fully saturated rings. The van der Waals surface area contributed by atoms with Gasteiger partial charge in [-0.25, -0.2) is 0 Å². The van der Waals surface area contributed by atoms with Gasteiger partial charge >= 0.3 is 0 Å². The van der Waals surface area contributed by atoms with Gasteiger partial charge in [-0.2, -0.15) is 0 Å². The Morgan fingerprint density at radius 3 is 2.39 bits per heavy atom. The van der Waals surface area contributed by atoms with Crippen LogP contribution in [-0.4, -0.2) is 31.5 Å². The number of carbonyl (C=O) groups is 1. The van der Waals surface area contributed by atoms with Crippen molar-refractivity contribution in [1.82, 2.24) is 10.2 Å². The van der Waals surface area contributed by atoms with E-state index in [1.807, 2.05) is 38.4 Å². The number of nitrogens with zero attached hydrogens (tertiary/aromatic N) is 1. The fourth-order valence-electron chi connectivity index (χ4n) is 2.08. The number of hydrogen-bond acceptors (Lipinski definition) is 3. The van der Waals surface area contributed by atoms with Gasteiger partial charge in [0.25, 0.3) is 5.91 Å². The molecular formula is C18H21ClN2O2. The molecule has 2 rings (SSSR count). The Morgan fingerprint density at radius 2 is 1.74 bits per heavy atom. The maximum atomic E-state index is 11.8. The van der Waals surface area contributed by atoms with Crippen LogP contribution in [-0.2, 0) is 17.9 Å². The van der Waals surface area contributed by atoms with Crippen molar-refractivity contribution in [1.29, 1.82) is 0 Å². The molecule has 0 heterocycles. The van der Waals surface area contributed by atoms with Crippen molar-refractivity contribution in [3.63, 3.8) is 0 Å². The molecule has 0 saturated heterocycles. The Labute approximate surface area is 142 Å². The van der Waals surface area contributed by atoms with Crippen LogP contribution >= 0.6 is 11.6 Å². The van der Waals surface area contributed by atoms with Crippen molar-refractivity contribution in [2.75, 3.05) is 20.7 Å². The smallest absolute Gasteiger partial charge is 0.258 e. The molecule has 0 bridgehead atoms. The number of carbonyl (C=O) groups excluding carboxylic acids is 1. The number of nitrogens with one attached hydrogen (secondary N) is 1. The molecule has 5 heteroatoms. The highest BCUT2D eigenvalue weighted by Crippen LogP contribution is 2.22. The SMILES string of the molecule is CN(C)Cc1ccc(CNC(=O)COc2ccccc2Cl)cc1. The number of hydrogen-bond donors (Lipinski definition) is 1. The first-order valence-electron chi connectivity index (χ1n) is 7.41. The summed E-state index contributed by atoms with van der Waals surface area (Å²) < 4.78 is 5.40. The number of amides is 1. The van der Waals surface area contributed by atoms with E-state index >= 15 is 0 Å². The molecule has 0 radical (unpaired) electrons. The van der Waals surface area contributed by atoms with E-state index in [4.69, 9.17) is 16.3 Å². The maximum absolute atomic E-state index is 11.8. The van der Waals surface area contributed by atoms with Crippen molar-refractivity contribution in [3.8, 4) is 5.75 Å². The molecular weight excluding hydrogens is 312 g/mol. The zero-order valence-electron chi connectivity index (χ0n) is 13.4. The van der Waals surface area contributed by atoms with Gasteiger partial charge in [-0.1, -0.05) is 48.0 Å². The zero-order valence-corrected chi connectivity index (χ0v) is 14.1. The molecule has 0 aliphatic carbocycles. The first kappa shape index (κ1) is 17.3. The van der Waals surface area contributed by atoms with E-state index in [-0.39, 0.29) is 12.5 Å². The average Bonchev–Trinajstić information content (AvgIpc) is 2.53. The van der Waals surface area contributed by atoms with Crippen LogP contribution in [0.25, 0.3) is 0 Å². The molecule has 0 aliphatic rings. The van der Waals surface area contributed by atoms with Crippen molar-refractivity contribution in [2.45, 2.75) is 13.1 Å². The molecule has 0 spiro atoms. The second-order valence-electron chi connectivity index (χ2n) is 5.55. The Kier molecular flexibility index (Phi) is 6.44. The van der Waals surface area contributed by atoms with E-state index in [2.05, 4.69) is 22.3 Å². The van der Waals surface area contributed by atoms with Gasteiger partial charge in [-0.3, -0.25) is 4.79 Å². The topological polar surface area (TPSA) is 41.6 Å². The van der Waals surface area contributed by atoms with Crippen LogP contribution in [0, 0.1) is 0 Å². The predicted octanol–water partition coefficient (Wildman–Crippen LogP) is 3.10. The summed E-state index contributed by atoms with van der Waals surface area (Å²) in [7, 11) is 4.07. The number of para-hydroxylation sites is 1. The minimum absolute atomic E-state index is 0.0531. The van der Waals surface area contributed by atoms with Crippen LogP contribution < -0.4 is 10.1 Å². The van der Waals surface area contributed by atoms with Crippen LogP contribution in [0.4, 0.5) is 0 Å². The number of ether oxygens (including phenoxy) is 1. The fraction of sp³-hybridized carbons (Fsp3) is 0.278. The van der Waals surface area contributed by atoms with E-state index in [0.717, 1.165) is 12.1 Å². The van der Waals surface area contributed by atoms with Crippen LogP contribution in [0.5, 0.6) is 5.75 Å². The molecule has 2 aromatic rings. The minimum Gasteiger partial charge on any atom is -0.482 e. The highest BCUT2D eigenvalue weighted by atomic mass is 35.5. The summed E-state index contributed by atoms with van der Waals surface area (Å²) in [6.07, 6.45) is 0. The highest BCUT2D eigenvalue weighted by Gasteiger charge is 2.05. The molecule has 0 aromatic heterocycles. The third kappa shape index (κ3) is 5.93. The average molecular weight is 333 g/mol. The van der Waals surface area contributed by atoms with Crippen LogP contribution in [0.2, 0.25) is 5.02 Å². The first-order valence-corrected chi connectivity index (χ1v) is 7.79. The molecule has 2 aromatic carbocycles. The van der Waals surface area contributed by atoms with Gasteiger partial charge in [-0.15, -0.1) is 0 Å². The van der Waals surface area contributed by atoms with Crippen molar-refractivity contribution in [2.24, 2.45) is 0 Å². The zero-order chi connectivity index (χ0) is 16.7. The quantitative estimate of drug-likeness (QED) is 0.847. The predicted molar refractivity (Wildman–Crippen MR) is 92.6 cm³/mol. The van der Waals surface area contributed by atoms with Gasteiger partial charge in [0, 0.05) is 13.1 Å². The van der Waals surface area contributed by atoms with E-state index in [0.29, 0.717) is 17.3 Å². The molecule has 0 aliphatic heterocycles. The summed E-state index contributed by atoms with van der Waals surface area (Å²) in [6.45, 7) is 1.33. The molecule has 23 heavy (non-hydrogen) atoms. The molecule has 0 unspecified atom stereocenters. The lowest BCUT2D eigenvalue weighted by molar-refractivity contribution is -0.123. The van der Waals surface area contributed by atoms with Crippen molar-refractivity contribution < 1.29 is 9.53 Å². The first-order chi connectivity index (χ1) is 11.0. The van der Waals surface area contributed by atoms with E-state index in [1.54, 1.807) is 12.1 Å². The normalized spacial score (nSPS) is 10.6. The Balaban J connectivity index is 1.77. The molecule has 1 N–H and O–H groups in total. The second-order valence-corrected chi connectivity index (χ2v) is 5.96. The molecule has 0 saturated carbocycles. The minimum atomic E-state index is -0.178. The largest absolute Gasteiger partial charge is 0.482 e. The van der Waals surface area contributed by atoms with Crippen LogP contribution in [0.3, 0.4) is 0 Å². The van der Waals surface area contributed by atoms with E-state index in [1.165, 1.54) is 5.56 Å². The molecule has 0 atom stereocenters. The summed E-state index contributed by atoms with van der Waals surface area (Å²) in [5.74, 6) is 0.333. The van der Waals surface area contributed by atoms with Crippen LogP contribution in [0.1, 0.15) is 11.1 Å². The van der Waals surface area contributed by atoms with E-state index in [9.17, 15) is 4.79 Å². The summed E-state index contributed by atoms with van der Waals surface area (Å²) in [5, 5.41) is 3.33. The second kappa shape index (κ2) is 8.56. The third-order valence-corrected chi connectivity index (χ3v) is 3.52. The Bertz CT molecular complexity index is 642. The van der Waals surface area contributed by atoms with Gasteiger partial charge in [0.05, 0.1) is 5.02 Å². The fourth-order valence-corrected chi connectivity index (χ4v) is 2.27.